The van der Waals surface area contributed by atoms with Crippen LogP contribution in [0.3, 0.4) is 0 Å². The minimum absolute atomic E-state index is 0. The van der Waals surface area contributed by atoms with Crippen LogP contribution in [0.5, 0.6) is 5.75 Å². The van der Waals surface area contributed by atoms with Crippen molar-refractivity contribution in [2.75, 3.05) is 20.3 Å². The third-order valence-electron chi connectivity index (χ3n) is 4.41. The number of ether oxygens (including phenoxy) is 2. The van der Waals surface area contributed by atoms with E-state index in [1.165, 1.54) is 5.56 Å². The van der Waals surface area contributed by atoms with Gasteiger partial charge in [-0.25, -0.2) is 0 Å². The van der Waals surface area contributed by atoms with Crippen LogP contribution in [-0.4, -0.2) is 69.4 Å². The van der Waals surface area contributed by atoms with Crippen molar-refractivity contribution in [3.05, 3.63) is 59.5 Å². The summed E-state index contributed by atoms with van der Waals surface area (Å²) in [5.41, 5.74) is 4.71. The van der Waals surface area contributed by atoms with Gasteiger partial charge in [0.05, 0.1) is 24.2 Å². The second-order valence-electron chi connectivity index (χ2n) is 6.53. The normalized spacial score (nSPS) is 11.7. The van der Waals surface area contributed by atoms with Crippen LogP contribution >= 0.6 is 0 Å². The van der Waals surface area contributed by atoms with Crippen molar-refractivity contribution in [3.63, 3.8) is 0 Å². The number of hydrogen-bond donors (Lipinski definition) is 1. The number of H-pyrrole nitrogens is 1. The van der Waals surface area contributed by atoms with Crippen LogP contribution in [-0.2, 0) is 21.7 Å². The van der Waals surface area contributed by atoms with E-state index < -0.39 is 11.2 Å². The first-order chi connectivity index (χ1) is 13.6. The molecular weight excluding hydrogens is 397 g/mol. The summed E-state index contributed by atoms with van der Waals surface area (Å²) in [7, 11) is 1.67. The Hall–Kier alpha value is -1.35. The van der Waals surface area contributed by atoms with Crippen LogP contribution in [0.15, 0.2) is 47.9 Å². The van der Waals surface area contributed by atoms with Crippen molar-refractivity contribution in [2.24, 2.45) is 0 Å². The molecule has 2 aromatic heterocycles. The van der Waals surface area contributed by atoms with Crippen LogP contribution in [0, 0.1) is 13.8 Å². The van der Waals surface area contributed by atoms with Gasteiger partial charge in [-0.2, -0.15) is 4.98 Å². The van der Waals surface area contributed by atoms with E-state index in [1.54, 1.807) is 19.5 Å². The third-order valence-corrected chi connectivity index (χ3v) is 5.58. The quantitative estimate of drug-likeness (QED) is 0.325. The molecule has 1 aromatic carbocycles. The van der Waals surface area contributed by atoms with Gasteiger partial charge in [-0.3, -0.25) is 9.97 Å². The zero-order valence-electron chi connectivity index (χ0n) is 16.4. The Morgan fingerprint density at radius 2 is 1.83 bits per heavy atom. The van der Waals surface area contributed by atoms with Gasteiger partial charge in [0.15, 0.2) is 5.75 Å². The maximum atomic E-state index is 12.8. The molecule has 0 spiro atoms. The molecule has 0 amide bonds. The number of methoxy groups -OCH3 is 1. The van der Waals surface area contributed by atoms with Gasteiger partial charge in [-0.05, 0) is 25.5 Å². The molecule has 1 unspecified atom stereocenters. The number of aromatic nitrogens is 3. The predicted octanol–water partition coefficient (Wildman–Crippen LogP) is 3.16. The number of rotatable bonds is 9. The topological polar surface area (TPSA) is 83.1 Å². The van der Waals surface area contributed by atoms with E-state index in [1.807, 2.05) is 44.2 Å². The third kappa shape index (κ3) is 6.57. The first-order valence-electron chi connectivity index (χ1n) is 9.15. The first kappa shape index (κ1) is 23.9. The van der Waals surface area contributed by atoms with Crippen LogP contribution in [0.4, 0.5) is 0 Å². The van der Waals surface area contributed by atoms with E-state index in [0.29, 0.717) is 18.4 Å². The summed E-state index contributed by atoms with van der Waals surface area (Å²) in [5.74, 6) is 1.04. The number of benzene rings is 1. The summed E-state index contributed by atoms with van der Waals surface area (Å²) in [4.78, 5) is 11.9. The van der Waals surface area contributed by atoms with E-state index in [-0.39, 0.29) is 35.3 Å². The molecular formula is C21H26N3NaO3S. The molecule has 150 valence electrons. The molecule has 0 fully saturated rings. The second kappa shape index (κ2) is 11.7. The monoisotopic (exact) mass is 423 g/mol. The van der Waals surface area contributed by atoms with Gasteiger partial charge in [-0.15, -0.1) is 0 Å². The molecule has 8 heteroatoms. The fraction of sp³-hybridized carbons (Fsp3) is 0.333. The molecule has 3 aromatic rings. The zero-order valence-corrected chi connectivity index (χ0v) is 17.2. The summed E-state index contributed by atoms with van der Waals surface area (Å²) < 4.78 is 23.6. The first-order valence-corrected chi connectivity index (χ1v) is 10.5. The van der Waals surface area contributed by atoms with Gasteiger partial charge >= 0.3 is 34.7 Å². The van der Waals surface area contributed by atoms with Gasteiger partial charge in [0.2, 0.25) is 0 Å². The Morgan fingerprint density at radius 1 is 1.07 bits per heavy atom. The molecule has 0 aliphatic heterocycles. The van der Waals surface area contributed by atoms with Gasteiger partial charge in [-0.1, -0.05) is 29.8 Å². The molecule has 2 heterocycles. The fourth-order valence-corrected chi connectivity index (χ4v) is 3.81. The summed E-state index contributed by atoms with van der Waals surface area (Å²) in [6, 6.07) is 9.95. The summed E-state index contributed by atoms with van der Waals surface area (Å²) in [6.45, 7) is 5.20. The Bertz CT molecular complexity index is 902. The van der Waals surface area contributed by atoms with E-state index in [4.69, 9.17) is 9.47 Å². The number of pyridine rings is 1. The van der Waals surface area contributed by atoms with Crippen LogP contribution < -0.4 is 4.74 Å². The predicted molar refractivity (Wildman–Crippen MR) is 117 cm³/mol. The number of nitrogens with zero attached hydrogens (tertiary/aromatic N) is 2. The SMILES string of the molecule is COCCCOc1ccnc(C[S+]([O-])c2ncc(-c3ccc(C)cc3)[nH]2)c1C.[NaH]. The van der Waals surface area contributed by atoms with Gasteiger partial charge in [0, 0.05) is 43.1 Å². The van der Waals surface area contributed by atoms with Gasteiger partial charge in [0.1, 0.15) is 5.75 Å². The minimum atomic E-state index is -1.32. The molecule has 0 saturated heterocycles. The van der Waals surface area contributed by atoms with E-state index >= 15 is 0 Å². The van der Waals surface area contributed by atoms with Gasteiger partial charge in [0.25, 0.3) is 0 Å². The van der Waals surface area contributed by atoms with E-state index in [0.717, 1.165) is 34.7 Å². The molecule has 0 saturated carbocycles. The van der Waals surface area contributed by atoms with Gasteiger partial charge < -0.3 is 14.0 Å². The Morgan fingerprint density at radius 3 is 2.55 bits per heavy atom. The van der Waals surface area contributed by atoms with Crippen LogP contribution in [0.2, 0.25) is 0 Å². The Kier molecular flexibility index (Phi) is 9.68. The number of nitrogens with one attached hydrogen (secondary N) is 1. The standard InChI is InChI=1S/C21H25N3O3S.Na.H/c1-15-5-7-17(8-6-15)18-13-23-21(24-18)28(25)14-19-16(2)20(9-10-22-19)27-12-4-11-26-3;;/h5-10,13H,4,11-12,14H2,1-3H3,(H,23,24);;. The average molecular weight is 424 g/mol. The molecule has 3 rings (SSSR count). The molecule has 1 atom stereocenters. The average Bonchev–Trinajstić information content (AvgIpc) is 3.19. The van der Waals surface area contributed by atoms with Crippen LogP contribution in [0.1, 0.15) is 23.2 Å². The van der Waals surface area contributed by atoms with Crippen molar-refractivity contribution >= 4 is 40.7 Å². The number of aromatic amines is 1. The molecule has 0 aliphatic rings. The Labute approximate surface area is 196 Å². The van der Waals surface area contributed by atoms with Crippen molar-refractivity contribution < 1.29 is 14.0 Å². The number of aryl methyl sites for hydroxylation is 1. The Balaban J connectivity index is 0.00000300. The second-order valence-corrected chi connectivity index (χ2v) is 7.90. The summed E-state index contributed by atoms with van der Waals surface area (Å²) in [6.07, 6.45) is 4.21. The van der Waals surface area contributed by atoms with E-state index in [9.17, 15) is 4.55 Å². The maximum absolute atomic E-state index is 12.8. The van der Waals surface area contributed by atoms with Crippen molar-refractivity contribution in [3.8, 4) is 17.0 Å². The van der Waals surface area contributed by atoms with Crippen molar-refractivity contribution in [1.29, 1.82) is 0 Å². The van der Waals surface area contributed by atoms with Crippen molar-refractivity contribution in [1.82, 2.24) is 15.0 Å². The molecule has 0 bridgehead atoms. The molecule has 6 nitrogen and oxygen atoms in total. The molecule has 29 heavy (non-hydrogen) atoms. The molecule has 1 N–H and O–H groups in total. The fourth-order valence-electron chi connectivity index (χ4n) is 2.74. The molecule has 0 radical (unpaired) electrons. The summed E-state index contributed by atoms with van der Waals surface area (Å²) >= 11 is -1.32. The van der Waals surface area contributed by atoms with E-state index in [2.05, 4.69) is 15.0 Å². The summed E-state index contributed by atoms with van der Waals surface area (Å²) in [5, 5.41) is 0.447. The zero-order chi connectivity index (χ0) is 19.9. The van der Waals surface area contributed by atoms with Crippen molar-refractivity contribution in [2.45, 2.75) is 31.2 Å². The molecule has 0 aliphatic carbocycles. The number of imidazole rings is 1. The van der Waals surface area contributed by atoms with Crippen LogP contribution in [0.25, 0.3) is 11.3 Å². The number of hydrogen-bond acceptors (Lipinski definition) is 5.